The zero-order valence-corrected chi connectivity index (χ0v) is 12.0. The number of benzene rings is 2. The molecule has 1 aliphatic rings. The zero-order valence-electron chi connectivity index (χ0n) is 10.5. The van der Waals surface area contributed by atoms with E-state index in [-0.39, 0.29) is 5.91 Å². The lowest BCUT2D eigenvalue weighted by Crippen LogP contribution is -2.10. The number of thioether (sulfide) groups is 1. The predicted octanol–water partition coefficient (Wildman–Crippen LogP) is 3.62. The Morgan fingerprint density at radius 3 is 2.70 bits per heavy atom. The molecule has 0 fully saturated rings. The minimum Gasteiger partial charge on any atom is -0.378 e. The highest BCUT2D eigenvalue weighted by molar-refractivity contribution is 7.98. The molecule has 1 atom stereocenters. The second-order valence-corrected chi connectivity index (χ2v) is 6.04. The van der Waals surface area contributed by atoms with Gasteiger partial charge in [-0.15, -0.1) is 11.8 Å². The highest BCUT2D eigenvalue weighted by Gasteiger charge is 2.28. The van der Waals surface area contributed by atoms with E-state index in [9.17, 15) is 9.90 Å². The van der Waals surface area contributed by atoms with Crippen LogP contribution in [-0.4, -0.2) is 11.0 Å². The van der Waals surface area contributed by atoms with Crippen LogP contribution < -0.4 is 5.32 Å². The van der Waals surface area contributed by atoms with E-state index in [0.717, 1.165) is 15.7 Å². The summed E-state index contributed by atoms with van der Waals surface area (Å²) in [5.41, 5.74) is 2.53. The summed E-state index contributed by atoms with van der Waals surface area (Å²) in [5.74, 6) is 0.465. The third kappa shape index (κ3) is 2.68. The number of anilines is 1. The first-order chi connectivity index (χ1) is 9.63. The van der Waals surface area contributed by atoms with E-state index in [4.69, 9.17) is 11.6 Å². The Kier molecular flexibility index (Phi) is 3.70. The molecule has 2 aromatic carbocycles. The molecule has 0 saturated carbocycles. The number of carbonyl (C=O) groups is 1. The minimum absolute atomic E-state index is 0.361. The second-order valence-electron chi connectivity index (χ2n) is 4.56. The first-order valence-corrected chi connectivity index (χ1v) is 7.50. The van der Waals surface area contributed by atoms with Gasteiger partial charge in [-0.05, 0) is 29.8 Å². The van der Waals surface area contributed by atoms with Crippen molar-refractivity contribution in [1.29, 1.82) is 0 Å². The normalized spacial score (nSPS) is 16.9. The van der Waals surface area contributed by atoms with E-state index < -0.39 is 6.10 Å². The number of fused-ring (bicyclic) bond motifs is 1. The van der Waals surface area contributed by atoms with E-state index in [1.54, 1.807) is 17.8 Å². The maximum atomic E-state index is 11.4. The largest absolute Gasteiger partial charge is 0.378 e. The van der Waals surface area contributed by atoms with Crippen molar-refractivity contribution in [2.45, 2.75) is 16.8 Å². The van der Waals surface area contributed by atoms with Crippen LogP contribution in [0.4, 0.5) is 5.69 Å². The lowest BCUT2D eigenvalue weighted by atomic mass is 10.1. The molecule has 5 heteroatoms. The van der Waals surface area contributed by atoms with Crippen molar-refractivity contribution >= 4 is 35.0 Å². The summed E-state index contributed by atoms with van der Waals surface area (Å²) in [7, 11) is 0. The van der Waals surface area contributed by atoms with Crippen LogP contribution in [0.1, 0.15) is 17.2 Å². The van der Waals surface area contributed by atoms with Crippen LogP contribution in [0.15, 0.2) is 47.4 Å². The average molecular weight is 306 g/mol. The smallest absolute Gasteiger partial charge is 0.257 e. The SMILES string of the molecule is O=C1Nc2cc(SCc3ccc(Cl)cc3)ccc2C1O. The van der Waals surface area contributed by atoms with Gasteiger partial charge in [0.1, 0.15) is 0 Å². The fourth-order valence-electron chi connectivity index (χ4n) is 2.06. The topological polar surface area (TPSA) is 49.3 Å². The summed E-state index contributed by atoms with van der Waals surface area (Å²) in [6, 6.07) is 13.3. The number of halogens is 1. The van der Waals surface area contributed by atoms with Gasteiger partial charge >= 0.3 is 0 Å². The molecule has 20 heavy (non-hydrogen) atoms. The van der Waals surface area contributed by atoms with Gasteiger partial charge in [0.25, 0.3) is 5.91 Å². The molecule has 0 aliphatic carbocycles. The van der Waals surface area contributed by atoms with Gasteiger partial charge in [0.2, 0.25) is 0 Å². The van der Waals surface area contributed by atoms with Gasteiger partial charge in [0, 0.05) is 26.9 Å². The summed E-state index contributed by atoms with van der Waals surface area (Å²) in [6.07, 6.45) is -1.04. The Morgan fingerprint density at radius 2 is 1.95 bits per heavy atom. The number of hydrogen-bond donors (Lipinski definition) is 2. The lowest BCUT2D eigenvalue weighted by molar-refractivity contribution is -0.123. The molecule has 0 saturated heterocycles. The zero-order chi connectivity index (χ0) is 14.1. The van der Waals surface area contributed by atoms with Crippen molar-refractivity contribution in [3.8, 4) is 0 Å². The molecule has 1 aliphatic heterocycles. The van der Waals surface area contributed by atoms with E-state index in [1.807, 2.05) is 36.4 Å². The standard InChI is InChI=1S/C15H12ClNO2S/c16-10-3-1-9(2-4-10)8-20-11-5-6-12-13(7-11)17-15(19)14(12)18/h1-7,14,18H,8H2,(H,17,19). The summed E-state index contributed by atoms with van der Waals surface area (Å²) in [6.45, 7) is 0. The predicted molar refractivity (Wildman–Crippen MR) is 81.0 cm³/mol. The fraction of sp³-hybridized carbons (Fsp3) is 0.133. The quantitative estimate of drug-likeness (QED) is 0.852. The van der Waals surface area contributed by atoms with E-state index in [2.05, 4.69) is 5.32 Å². The Bertz CT molecular complexity index is 657. The molecule has 1 heterocycles. The highest BCUT2D eigenvalue weighted by atomic mass is 35.5. The molecule has 1 amide bonds. The lowest BCUT2D eigenvalue weighted by Gasteiger charge is -2.05. The molecule has 0 radical (unpaired) electrons. The van der Waals surface area contributed by atoms with Gasteiger partial charge in [0.05, 0.1) is 0 Å². The molecule has 3 nitrogen and oxygen atoms in total. The van der Waals surface area contributed by atoms with Gasteiger partial charge in [0.15, 0.2) is 6.10 Å². The maximum Gasteiger partial charge on any atom is 0.257 e. The molecule has 2 N–H and O–H groups in total. The summed E-state index contributed by atoms with van der Waals surface area (Å²) < 4.78 is 0. The molecule has 0 aromatic heterocycles. The summed E-state index contributed by atoms with van der Waals surface area (Å²) in [5, 5.41) is 13.0. The Labute approximate surface area is 126 Å². The maximum absolute atomic E-state index is 11.4. The van der Waals surface area contributed by atoms with Gasteiger partial charge in [-0.25, -0.2) is 0 Å². The molecule has 0 spiro atoms. The molecule has 1 unspecified atom stereocenters. The number of aliphatic hydroxyl groups excluding tert-OH is 1. The monoisotopic (exact) mass is 305 g/mol. The van der Waals surface area contributed by atoms with Gasteiger partial charge in [-0.3, -0.25) is 4.79 Å². The number of hydrogen-bond acceptors (Lipinski definition) is 3. The van der Waals surface area contributed by atoms with Crippen molar-refractivity contribution in [3.63, 3.8) is 0 Å². The van der Waals surface area contributed by atoms with Gasteiger partial charge < -0.3 is 10.4 Å². The Hall–Kier alpha value is -1.49. The van der Waals surface area contributed by atoms with E-state index in [0.29, 0.717) is 11.3 Å². The molecular formula is C15H12ClNO2S. The van der Waals surface area contributed by atoms with Crippen LogP contribution in [0, 0.1) is 0 Å². The number of aliphatic hydroxyl groups is 1. The number of amides is 1. The number of rotatable bonds is 3. The van der Waals surface area contributed by atoms with Crippen molar-refractivity contribution in [1.82, 2.24) is 0 Å². The van der Waals surface area contributed by atoms with Crippen LogP contribution in [0.25, 0.3) is 0 Å². The molecule has 0 bridgehead atoms. The second kappa shape index (κ2) is 5.48. The molecule has 2 aromatic rings. The average Bonchev–Trinajstić information content (AvgIpc) is 2.73. The highest BCUT2D eigenvalue weighted by Crippen LogP contribution is 2.34. The van der Waals surface area contributed by atoms with Gasteiger partial charge in [-0.2, -0.15) is 0 Å². The van der Waals surface area contributed by atoms with Crippen LogP contribution in [0.5, 0.6) is 0 Å². The minimum atomic E-state index is -1.04. The summed E-state index contributed by atoms with van der Waals surface area (Å²) >= 11 is 7.52. The van der Waals surface area contributed by atoms with Crippen molar-refractivity contribution in [2.24, 2.45) is 0 Å². The van der Waals surface area contributed by atoms with E-state index >= 15 is 0 Å². The van der Waals surface area contributed by atoms with Crippen LogP contribution in [-0.2, 0) is 10.5 Å². The van der Waals surface area contributed by atoms with Crippen LogP contribution in [0.2, 0.25) is 5.02 Å². The first kappa shape index (κ1) is 13.5. The van der Waals surface area contributed by atoms with Crippen LogP contribution in [0.3, 0.4) is 0 Å². The number of nitrogens with one attached hydrogen (secondary N) is 1. The molecule has 102 valence electrons. The van der Waals surface area contributed by atoms with Crippen LogP contribution >= 0.6 is 23.4 Å². The Morgan fingerprint density at radius 1 is 1.20 bits per heavy atom. The van der Waals surface area contributed by atoms with Gasteiger partial charge in [-0.1, -0.05) is 29.8 Å². The third-order valence-electron chi connectivity index (χ3n) is 3.14. The third-order valence-corrected chi connectivity index (χ3v) is 4.46. The number of carbonyl (C=O) groups excluding carboxylic acids is 1. The fourth-order valence-corrected chi connectivity index (χ4v) is 3.08. The van der Waals surface area contributed by atoms with Crippen molar-refractivity contribution in [3.05, 3.63) is 58.6 Å². The molecular weight excluding hydrogens is 294 g/mol. The van der Waals surface area contributed by atoms with E-state index in [1.165, 1.54) is 5.56 Å². The van der Waals surface area contributed by atoms with Crippen molar-refractivity contribution < 1.29 is 9.90 Å². The van der Waals surface area contributed by atoms with Crippen molar-refractivity contribution in [2.75, 3.05) is 5.32 Å². The molecule has 3 rings (SSSR count). The Balaban J connectivity index is 1.72. The first-order valence-electron chi connectivity index (χ1n) is 6.13. The summed E-state index contributed by atoms with van der Waals surface area (Å²) in [4.78, 5) is 12.4.